The maximum absolute atomic E-state index is 10.8. The Labute approximate surface area is 115 Å². The summed E-state index contributed by atoms with van der Waals surface area (Å²) < 4.78 is 7.81. The number of rotatable bonds is 3. The fraction of sp³-hybridized carbons (Fsp3) is 0.364. The van der Waals surface area contributed by atoms with Gasteiger partial charge in [0, 0.05) is 6.54 Å². The monoisotopic (exact) mass is 287 g/mol. The van der Waals surface area contributed by atoms with Crippen LogP contribution in [0.1, 0.15) is 0 Å². The lowest BCUT2D eigenvalue weighted by molar-refractivity contribution is 0.113. The van der Waals surface area contributed by atoms with Gasteiger partial charge in [0.25, 0.3) is 0 Å². The van der Waals surface area contributed by atoms with Gasteiger partial charge in [-0.05, 0) is 24.1 Å². The molecule has 2 amide bonds. The number of halogens is 1. The molecule has 1 unspecified atom stereocenters. The summed E-state index contributed by atoms with van der Waals surface area (Å²) in [6.45, 7) is 1.86. The minimum Gasteiger partial charge on any atom is -0.376 e. The van der Waals surface area contributed by atoms with Crippen molar-refractivity contribution in [2.24, 2.45) is 5.73 Å². The van der Waals surface area contributed by atoms with E-state index in [1.807, 2.05) is 24.3 Å². The number of primary amides is 1. The Bertz CT molecular complexity index is 433. The van der Waals surface area contributed by atoms with Crippen molar-refractivity contribution in [3.05, 3.63) is 24.3 Å². The molecule has 0 aromatic heterocycles. The summed E-state index contributed by atoms with van der Waals surface area (Å²) in [7, 11) is 0. The van der Waals surface area contributed by atoms with Crippen molar-refractivity contribution in [3.8, 4) is 0 Å². The number of alkyl halides is 1. The number of nitrogens with zero attached hydrogens (tertiary/aromatic N) is 1. The van der Waals surface area contributed by atoms with Crippen LogP contribution in [0.3, 0.4) is 0 Å². The average Bonchev–Trinajstić information content (AvgIpc) is 2.37. The molecule has 2 rings (SSSR count). The summed E-state index contributed by atoms with van der Waals surface area (Å²) in [5.74, 6) is 0. The maximum atomic E-state index is 10.8. The summed E-state index contributed by atoms with van der Waals surface area (Å²) in [5, 5.41) is 0. The number of amides is 2. The summed E-state index contributed by atoms with van der Waals surface area (Å²) in [6.07, 6.45) is 0. The molecule has 1 atom stereocenters. The zero-order chi connectivity index (χ0) is 13.0. The van der Waals surface area contributed by atoms with Crippen LogP contribution < -0.4 is 15.4 Å². The largest absolute Gasteiger partial charge is 0.376 e. The summed E-state index contributed by atoms with van der Waals surface area (Å²) in [6, 6.07) is 7.14. The molecule has 1 aromatic carbocycles. The van der Waals surface area contributed by atoms with Crippen molar-refractivity contribution in [2.75, 3.05) is 24.7 Å². The molecule has 1 aliphatic rings. The first-order chi connectivity index (χ1) is 8.68. The van der Waals surface area contributed by atoms with E-state index in [0.717, 1.165) is 17.1 Å². The van der Waals surface area contributed by atoms with E-state index in [0.29, 0.717) is 13.2 Å². The minimum absolute atomic E-state index is 0.200. The number of anilines is 1. The van der Waals surface area contributed by atoms with Crippen molar-refractivity contribution in [2.45, 2.75) is 10.4 Å². The Hall–Kier alpha value is -1.11. The van der Waals surface area contributed by atoms with Crippen molar-refractivity contribution in [1.82, 2.24) is 4.72 Å². The first-order valence-corrected chi connectivity index (χ1v) is 6.73. The van der Waals surface area contributed by atoms with Crippen molar-refractivity contribution >= 4 is 35.3 Å². The van der Waals surface area contributed by atoms with Crippen molar-refractivity contribution in [3.63, 3.8) is 0 Å². The van der Waals surface area contributed by atoms with Crippen LogP contribution in [0.5, 0.6) is 0 Å². The van der Waals surface area contributed by atoms with Gasteiger partial charge in [0.1, 0.15) is 5.50 Å². The van der Waals surface area contributed by atoms with Gasteiger partial charge in [-0.25, -0.2) is 4.79 Å². The molecule has 5 nitrogen and oxygen atoms in total. The van der Waals surface area contributed by atoms with E-state index in [9.17, 15) is 4.79 Å². The first kappa shape index (κ1) is 13.3. The fourth-order valence-corrected chi connectivity index (χ4v) is 2.67. The van der Waals surface area contributed by atoms with E-state index in [1.54, 1.807) is 0 Å². The molecule has 18 heavy (non-hydrogen) atoms. The second-order valence-corrected chi connectivity index (χ2v) is 5.09. The molecule has 1 aromatic rings. The van der Waals surface area contributed by atoms with Crippen molar-refractivity contribution < 1.29 is 9.53 Å². The highest BCUT2D eigenvalue weighted by atomic mass is 35.5. The van der Waals surface area contributed by atoms with Gasteiger partial charge in [-0.1, -0.05) is 23.7 Å². The molecule has 0 aliphatic carbocycles. The van der Waals surface area contributed by atoms with Crippen LogP contribution in [-0.2, 0) is 4.74 Å². The van der Waals surface area contributed by atoms with Gasteiger partial charge in [0.2, 0.25) is 0 Å². The minimum atomic E-state index is -0.570. The SMILES string of the molecule is NC(=O)NSc1ccccc1N1CCOCC1Cl. The fourth-order valence-electron chi connectivity index (χ4n) is 1.73. The molecule has 7 heteroatoms. The molecular weight excluding hydrogens is 274 g/mol. The molecule has 1 fully saturated rings. The topological polar surface area (TPSA) is 67.6 Å². The van der Waals surface area contributed by atoms with Crippen LogP contribution in [0.2, 0.25) is 0 Å². The maximum Gasteiger partial charge on any atom is 0.322 e. The number of nitrogens with one attached hydrogen (secondary N) is 1. The molecule has 0 saturated carbocycles. The zero-order valence-electron chi connectivity index (χ0n) is 9.64. The van der Waals surface area contributed by atoms with E-state index in [4.69, 9.17) is 22.1 Å². The number of benzene rings is 1. The number of hydrogen-bond acceptors (Lipinski definition) is 4. The van der Waals surface area contributed by atoms with Gasteiger partial charge in [-0.3, -0.25) is 4.72 Å². The number of hydrogen-bond donors (Lipinski definition) is 2. The van der Waals surface area contributed by atoms with E-state index in [2.05, 4.69) is 9.62 Å². The quantitative estimate of drug-likeness (QED) is 0.505. The third-order valence-electron chi connectivity index (χ3n) is 2.51. The lowest BCUT2D eigenvalue weighted by Gasteiger charge is -2.34. The van der Waals surface area contributed by atoms with E-state index in [1.165, 1.54) is 11.9 Å². The van der Waals surface area contributed by atoms with Crippen LogP contribution in [0, 0.1) is 0 Å². The standard InChI is InChI=1S/C11H14ClN3O2S/c12-10-7-17-6-5-15(10)8-3-1-2-4-9(8)18-14-11(13)16/h1-4,10H,5-7H2,(H3,13,14,16). The lowest BCUT2D eigenvalue weighted by atomic mass is 10.2. The number of nitrogens with two attached hydrogens (primary N) is 1. The number of morpholine rings is 1. The van der Waals surface area contributed by atoms with E-state index in [-0.39, 0.29) is 5.50 Å². The van der Waals surface area contributed by atoms with Gasteiger partial charge < -0.3 is 15.4 Å². The molecule has 0 bridgehead atoms. The summed E-state index contributed by atoms with van der Waals surface area (Å²) in [5.41, 5.74) is 5.84. The molecule has 1 heterocycles. The Kier molecular flexibility index (Phi) is 4.57. The number of urea groups is 1. The van der Waals surface area contributed by atoms with Gasteiger partial charge in [0.15, 0.2) is 0 Å². The average molecular weight is 288 g/mol. The second kappa shape index (κ2) is 6.17. The van der Waals surface area contributed by atoms with Crippen LogP contribution in [-0.4, -0.2) is 31.3 Å². The third-order valence-corrected chi connectivity index (χ3v) is 3.74. The Balaban J connectivity index is 2.17. The normalized spacial score (nSPS) is 19.6. The van der Waals surface area contributed by atoms with Crippen LogP contribution in [0.25, 0.3) is 0 Å². The smallest absolute Gasteiger partial charge is 0.322 e. The Morgan fingerprint density at radius 1 is 1.56 bits per heavy atom. The van der Waals surface area contributed by atoms with Crippen molar-refractivity contribution in [1.29, 1.82) is 0 Å². The predicted molar refractivity (Wildman–Crippen MR) is 72.8 cm³/mol. The second-order valence-electron chi connectivity index (χ2n) is 3.74. The summed E-state index contributed by atoms with van der Waals surface area (Å²) >= 11 is 7.42. The van der Waals surface area contributed by atoms with Crippen LogP contribution >= 0.6 is 23.5 Å². The molecular formula is C11H14ClN3O2S. The van der Waals surface area contributed by atoms with Gasteiger partial charge >= 0.3 is 6.03 Å². The molecule has 3 N–H and O–H groups in total. The van der Waals surface area contributed by atoms with E-state index >= 15 is 0 Å². The van der Waals surface area contributed by atoms with E-state index < -0.39 is 6.03 Å². The first-order valence-electron chi connectivity index (χ1n) is 5.48. The zero-order valence-corrected chi connectivity index (χ0v) is 11.2. The molecule has 0 radical (unpaired) electrons. The third kappa shape index (κ3) is 3.22. The number of ether oxygens (including phenoxy) is 1. The predicted octanol–water partition coefficient (Wildman–Crippen LogP) is 1.76. The number of carbonyl (C=O) groups excluding carboxylic acids is 1. The Morgan fingerprint density at radius 3 is 3.06 bits per heavy atom. The number of carbonyl (C=O) groups is 1. The Morgan fingerprint density at radius 2 is 2.33 bits per heavy atom. The van der Waals surface area contributed by atoms with Gasteiger partial charge in [-0.2, -0.15) is 0 Å². The molecule has 1 aliphatic heterocycles. The van der Waals surface area contributed by atoms with Crippen LogP contribution in [0.15, 0.2) is 29.2 Å². The number of para-hydroxylation sites is 1. The van der Waals surface area contributed by atoms with Gasteiger partial charge in [-0.15, -0.1) is 0 Å². The molecule has 0 spiro atoms. The summed E-state index contributed by atoms with van der Waals surface area (Å²) in [4.78, 5) is 13.7. The highest BCUT2D eigenvalue weighted by Gasteiger charge is 2.23. The van der Waals surface area contributed by atoms with Gasteiger partial charge in [0.05, 0.1) is 23.8 Å². The lowest BCUT2D eigenvalue weighted by Crippen LogP contribution is -2.42. The molecule has 1 saturated heterocycles. The van der Waals surface area contributed by atoms with Crippen LogP contribution in [0.4, 0.5) is 10.5 Å². The highest BCUT2D eigenvalue weighted by Crippen LogP contribution is 2.31. The highest BCUT2D eigenvalue weighted by molar-refractivity contribution is 7.98. The molecule has 98 valence electrons.